The Bertz CT molecular complexity index is 610. The maximum atomic E-state index is 9.24. The first-order chi connectivity index (χ1) is 9.95. The fourth-order valence-electron chi connectivity index (χ4n) is 1.97. The molecule has 2 rings (SSSR count). The summed E-state index contributed by atoms with van der Waals surface area (Å²) in [7, 11) is -3.31. The third kappa shape index (κ3) is 4.31. The molecule has 4 nitrogen and oxygen atoms in total. The molecule has 0 fully saturated rings. The molecule has 0 heterocycles. The van der Waals surface area contributed by atoms with Crippen LogP contribution in [0.1, 0.15) is 16.7 Å². The fraction of sp³-hybridized carbons (Fsp3) is 0.0667. The lowest BCUT2D eigenvalue weighted by Crippen LogP contribution is -2.38. The Balaban J connectivity index is 2.32. The summed E-state index contributed by atoms with van der Waals surface area (Å²) in [4.78, 5) is 0. The lowest BCUT2D eigenvalue weighted by atomic mass is 9.72. The van der Waals surface area contributed by atoms with Crippen molar-refractivity contribution < 1.29 is 20.1 Å². The average Bonchev–Trinajstić information content (AvgIpc) is 2.46. The summed E-state index contributed by atoms with van der Waals surface area (Å²) in [5.74, 6) is 0. The Morgan fingerprint density at radius 3 is 1.67 bits per heavy atom. The predicted octanol–water partition coefficient (Wildman–Crippen LogP) is -0.475. The van der Waals surface area contributed by atoms with Crippen molar-refractivity contribution in [1.82, 2.24) is 0 Å². The zero-order chi connectivity index (χ0) is 15.4. The van der Waals surface area contributed by atoms with Gasteiger partial charge in [0, 0.05) is 0 Å². The number of aryl methyl sites for hydroxylation is 1. The van der Waals surface area contributed by atoms with Crippen molar-refractivity contribution in [2.75, 3.05) is 0 Å². The Morgan fingerprint density at radius 2 is 1.19 bits per heavy atom. The molecule has 0 unspecified atom stereocenters. The Hall–Kier alpha value is -1.85. The quantitative estimate of drug-likeness (QED) is 0.451. The van der Waals surface area contributed by atoms with Crippen LogP contribution in [0.25, 0.3) is 12.2 Å². The second kappa shape index (κ2) is 6.74. The Kier molecular flexibility index (Phi) is 4.98. The van der Waals surface area contributed by atoms with Crippen LogP contribution in [0.15, 0.2) is 42.5 Å². The van der Waals surface area contributed by atoms with Crippen LogP contribution in [0, 0.1) is 6.92 Å². The topological polar surface area (TPSA) is 80.9 Å². The molecule has 0 aliphatic heterocycles. The van der Waals surface area contributed by atoms with Crippen molar-refractivity contribution >= 4 is 37.3 Å². The molecule has 0 aromatic heterocycles. The van der Waals surface area contributed by atoms with Gasteiger partial charge in [-0.1, -0.05) is 60.2 Å². The average molecular weight is 282 g/mol. The summed E-state index contributed by atoms with van der Waals surface area (Å²) < 4.78 is 0. The van der Waals surface area contributed by atoms with Gasteiger partial charge in [-0.2, -0.15) is 0 Å². The molecular weight excluding hydrogens is 266 g/mol. The molecule has 0 amide bonds. The Morgan fingerprint density at radius 1 is 0.714 bits per heavy atom. The molecule has 4 N–H and O–H groups in total. The van der Waals surface area contributed by atoms with E-state index in [1.54, 1.807) is 18.2 Å². The zero-order valence-electron chi connectivity index (χ0n) is 11.6. The van der Waals surface area contributed by atoms with Crippen LogP contribution in [0.5, 0.6) is 0 Å². The zero-order valence-corrected chi connectivity index (χ0v) is 11.6. The minimum Gasteiger partial charge on any atom is -0.423 e. The van der Waals surface area contributed by atoms with E-state index in [-0.39, 0.29) is 10.9 Å². The highest BCUT2D eigenvalue weighted by atomic mass is 16.4. The van der Waals surface area contributed by atoms with Gasteiger partial charge in [-0.25, -0.2) is 0 Å². The third-order valence-electron chi connectivity index (χ3n) is 3.14. The summed E-state index contributed by atoms with van der Waals surface area (Å²) in [6.45, 7) is 2.01. The monoisotopic (exact) mass is 282 g/mol. The van der Waals surface area contributed by atoms with Crippen molar-refractivity contribution in [1.29, 1.82) is 0 Å². The molecule has 2 aromatic rings. The van der Waals surface area contributed by atoms with Crippen LogP contribution in [-0.2, 0) is 0 Å². The standard InChI is InChI=1S/C15H16B2O4/c1-11-2-4-12(5-3-11)6-7-13-8-14(16(18)19)10-15(9-13)17(20)21/h2-10,18-21H,1H3/b7-6+. The van der Waals surface area contributed by atoms with Crippen LogP contribution in [0.3, 0.4) is 0 Å². The second-order valence-corrected chi connectivity index (χ2v) is 4.92. The summed E-state index contributed by atoms with van der Waals surface area (Å²) in [6.07, 6.45) is 3.65. The molecule has 0 aliphatic carbocycles. The smallest absolute Gasteiger partial charge is 0.423 e. The normalized spacial score (nSPS) is 10.9. The van der Waals surface area contributed by atoms with Crippen molar-refractivity contribution in [3.63, 3.8) is 0 Å². The highest BCUT2D eigenvalue weighted by Gasteiger charge is 2.17. The molecule has 0 saturated heterocycles. The van der Waals surface area contributed by atoms with E-state index in [1.807, 2.05) is 37.3 Å². The van der Waals surface area contributed by atoms with E-state index in [0.29, 0.717) is 5.56 Å². The van der Waals surface area contributed by atoms with E-state index < -0.39 is 14.2 Å². The number of hydrogen-bond donors (Lipinski definition) is 4. The highest BCUT2D eigenvalue weighted by molar-refractivity contribution is 6.62. The highest BCUT2D eigenvalue weighted by Crippen LogP contribution is 2.08. The molecule has 0 bridgehead atoms. The molecule has 21 heavy (non-hydrogen) atoms. The van der Waals surface area contributed by atoms with Gasteiger partial charge < -0.3 is 20.1 Å². The van der Waals surface area contributed by atoms with Gasteiger partial charge in [0.05, 0.1) is 0 Å². The maximum Gasteiger partial charge on any atom is 0.488 e. The summed E-state index contributed by atoms with van der Waals surface area (Å²) in [5.41, 5.74) is 3.25. The number of hydrogen-bond acceptors (Lipinski definition) is 4. The molecular formula is C15H16B2O4. The van der Waals surface area contributed by atoms with Crippen LogP contribution in [0.2, 0.25) is 0 Å². The van der Waals surface area contributed by atoms with Crippen molar-refractivity contribution in [3.05, 3.63) is 59.2 Å². The largest absolute Gasteiger partial charge is 0.488 e. The minimum absolute atomic E-state index is 0.212. The first-order valence-corrected chi connectivity index (χ1v) is 6.57. The predicted molar refractivity (Wildman–Crippen MR) is 86.2 cm³/mol. The van der Waals surface area contributed by atoms with Crippen LogP contribution in [-0.4, -0.2) is 34.3 Å². The summed E-state index contributed by atoms with van der Waals surface area (Å²) in [6, 6.07) is 12.4. The van der Waals surface area contributed by atoms with Gasteiger partial charge in [-0.15, -0.1) is 0 Å². The van der Waals surface area contributed by atoms with Crippen LogP contribution in [0.4, 0.5) is 0 Å². The summed E-state index contributed by atoms with van der Waals surface area (Å²) >= 11 is 0. The minimum atomic E-state index is -1.66. The molecule has 0 spiro atoms. The van der Waals surface area contributed by atoms with E-state index >= 15 is 0 Å². The lowest BCUT2D eigenvalue weighted by molar-refractivity contribution is 0.425. The van der Waals surface area contributed by atoms with Gasteiger partial charge >= 0.3 is 14.2 Å². The van der Waals surface area contributed by atoms with Gasteiger partial charge in [0.25, 0.3) is 0 Å². The van der Waals surface area contributed by atoms with Crippen molar-refractivity contribution in [3.8, 4) is 0 Å². The van der Waals surface area contributed by atoms with E-state index in [1.165, 1.54) is 11.6 Å². The lowest BCUT2D eigenvalue weighted by Gasteiger charge is -2.06. The maximum absolute atomic E-state index is 9.24. The SMILES string of the molecule is Cc1ccc(/C=C/c2cc(B(O)O)cc(B(O)O)c2)cc1. The van der Waals surface area contributed by atoms with E-state index in [0.717, 1.165) is 5.56 Å². The van der Waals surface area contributed by atoms with E-state index in [9.17, 15) is 20.1 Å². The van der Waals surface area contributed by atoms with Gasteiger partial charge in [-0.05, 0) is 29.0 Å². The first-order valence-electron chi connectivity index (χ1n) is 6.57. The molecule has 0 saturated carbocycles. The van der Waals surface area contributed by atoms with Gasteiger partial charge in [0.15, 0.2) is 0 Å². The van der Waals surface area contributed by atoms with Gasteiger partial charge in [0.1, 0.15) is 0 Å². The molecule has 0 aliphatic rings. The summed E-state index contributed by atoms with van der Waals surface area (Å²) in [5, 5.41) is 37.0. The fourth-order valence-corrected chi connectivity index (χ4v) is 1.97. The third-order valence-corrected chi connectivity index (χ3v) is 3.14. The molecule has 0 radical (unpaired) electrons. The number of benzene rings is 2. The number of rotatable bonds is 4. The Labute approximate surface area is 124 Å². The van der Waals surface area contributed by atoms with E-state index in [4.69, 9.17) is 0 Å². The molecule has 2 aromatic carbocycles. The molecule has 106 valence electrons. The van der Waals surface area contributed by atoms with Gasteiger partial charge in [-0.3, -0.25) is 0 Å². The second-order valence-electron chi connectivity index (χ2n) is 4.92. The van der Waals surface area contributed by atoms with Crippen molar-refractivity contribution in [2.24, 2.45) is 0 Å². The molecule has 6 heteroatoms. The van der Waals surface area contributed by atoms with Crippen molar-refractivity contribution in [2.45, 2.75) is 6.92 Å². The van der Waals surface area contributed by atoms with Gasteiger partial charge in [0.2, 0.25) is 0 Å². The first kappa shape index (κ1) is 15.5. The van der Waals surface area contributed by atoms with Crippen LogP contribution < -0.4 is 10.9 Å². The van der Waals surface area contributed by atoms with Crippen LogP contribution >= 0.6 is 0 Å². The molecule has 0 atom stereocenters. The van der Waals surface area contributed by atoms with E-state index in [2.05, 4.69) is 0 Å².